The molecule has 1 heterocycles. The number of nitrogens with zero attached hydrogens (tertiary/aromatic N) is 2. The van der Waals surface area contributed by atoms with Gasteiger partial charge in [-0.15, -0.1) is 0 Å². The van der Waals surface area contributed by atoms with Gasteiger partial charge in [0, 0.05) is 35.2 Å². The number of hydrogen-bond acceptors (Lipinski definition) is 2. The highest BCUT2D eigenvalue weighted by atomic mass is 35.5. The van der Waals surface area contributed by atoms with Gasteiger partial charge in [0.05, 0.1) is 12.3 Å². The molecule has 5 heteroatoms. The summed E-state index contributed by atoms with van der Waals surface area (Å²) in [6.45, 7) is 0.523. The van der Waals surface area contributed by atoms with Crippen LogP contribution in [0.25, 0.3) is 16.5 Å². The first-order valence-electron chi connectivity index (χ1n) is 6.98. The second-order valence-corrected chi connectivity index (χ2v) is 6.01. The van der Waals surface area contributed by atoms with Crippen LogP contribution >= 0.6 is 23.2 Å². The van der Waals surface area contributed by atoms with Crippen LogP contribution in [-0.4, -0.2) is 16.9 Å². The highest BCUT2D eigenvalue weighted by Crippen LogP contribution is 2.34. The van der Waals surface area contributed by atoms with E-state index in [0.717, 1.165) is 34.2 Å². The van der Waals surface area contributed by atoms with E-state index in [9.17, 15) is 0 Å². The Balaban J connectivity index is 2.22. The van der Waals surface area contributed by atoms with E-state index in [1.165, 1.54) is 0 Å². The van der Waals surface area contributed by atoms with Gasteiger partial charge in [0.25, 0.3) is 0 Å². The summed E-state index contributed by atoms with van der Waals surface area (Å²) in [7, 11) is 3.61. The molecule has 0 atom stereocenters. The van der Waals surface area contributed by atoms with Crippen LogP contribution in [0.3, 0.4) is 0 Å². The Morgan fingerprint density at radius 1 is 1.32 bits per heavy atom. The zero-order chi connectivity index (χ0) is 15.7. The van der Waals surface area contributed by atoms with Crippen molar-refractivity contribution in [3.05, 3.63) is 57.7 Å². The summed E-state index contributed by atoms with van der Waals surface area (Å²) < 4.78 is 7.14. The minimum absolute atomic E-state index is 0.523. The van der Waals surface area contributed by atoms with E-state index in [0.29, 0.717) is 16.7 Å². The maximum Gasteiger partial charge on any atom is 0.100 e. The molecule has 0 bridgehead atoms. The molecule has 1 aromatic carbocycles. The number of aryl methyl sites for hydroxylation is 1. The summed E-state index contributed by atoms with van der Waals surface area (Å²) in [5, 5.41) is 7.03. The first-order chi connectivity index (χ1) is 10.6. The monoisotopic (exact) mass is 334 g/mol. The van der Waals surface area contributed by atoms with Crippen LogP contribution in [0.5, 0.6) is 0 Å². The van der Waals surface area contributed by atoms with Gasteiger partial charge in [-0.3, -0.25) is 4.68 Å². The molecule has 1 aliphatic carbocycles. The topological polar surface area (TPSA) is 27.1 Å². The van der Waals surface area contributed by atoms with Crippen molar-refractivity contribution < 1.29 is 4.74 Å². The largest absolute Gasteiger partial charge is 0.378 e. The Morgan fingerprint density at radius 2 is 2.14 bits per heavy atom. The second-order valence-electron chi connectivity index (χ2n) is 5.17. The van der Waals surface area contributed by atoms with Crippen molar-refractivity contribution in [3.8, 4) is 0 Å². The molecule has 0 fully saturated rings. The minimum Gasteiger partial charge on any atom is -0.378 e. The van der Waals surface area contributed by atoms with Crippen LogP contribution in [0.15, 0.2) is 46.5 Å². The third kappa shape index (κ3) is 2.72. The first kappa shape index (κ1) is 15.3. The molecule has 3 nitrogen and oxygen atoms in total. The van der Waals surface area contributed by atoms with Gasteiger partial charge in [-0.1, -0.05) is 47.5 Å². The van der Waals surface area contributed by atoms with Crippen LogP contribution < -0.4 is 0 Å². The lowest BCUT2D eigenvalue weighted by Crippen LogP contribution is -1.99. The SMILES string of the molecule is COCc1c2cccc(C3=C(Cl)C=C(Cl)C=CC3)c2nn1C. The number of ether oxygens (including phenoxy) is 1. The van der Waals surface area contributed by atoms with Crippen LogP contribution in [0.4, 0.5) is 0 Å². The molecule has 0 amide bonds. The maximum absolute atomic E-state index is 6.44. The molecule has 0 radical (unpaired) electrons. The molecule has 0 N–H and O–H groups in total. The fourth-order valence-corrected chi connectivity index (χ4v) is 3.25. The van der Waals surface area contributed by atoms with Gasteiger partial charge in [0.1, 0.15) is 5.52 Å². The number of methoxy groups -OCH3 is 1. The number of aromatic nitrogens is 2. The number of fused-ring (bicyclic) bond motifs is 1. The Bertz CT molecular complexity index is 815. The minimum atomic E-state index is 0.523. The van der Waals surface area contributed by atoms with Crippen molar-refractivity contribution >= 4 is 39.7 Å². The summed E-state index contributed by atoms with van der Waals surface area (Å²) in [6, 6.07) is 6.13. The maximum atomic E-state index is 6.44. The Labute approximate surface area is 139 Å². The number of rotatable bonds is 3. The van der Waals surface area contributed by atoms with Crippen molar-refractivity contribution in [1.82, 2.24) is 9.78 Å². The van der Waals surface area contributed by atoms with Gasteiger partial charge in [0.2, 0.25) is 0 Å². The van der Waals surface area contributed by atoms with E-state index in [-0.39, 0.29) is 0 Å². The predicted octanol–water partition coefficient (Wildman–Crippen LogP) is 4.75. The summed E-state index contributed by atoms with van der Waals surface area (Å²) in [5.74, 6) is 0. The molecule has 0 saturated carbocycles. The molecule has 2 aromatic rings. The molecule has 1 aromatic heterocycles. The predicted molar refractivity (Wildman–Crippen MR) is 91.9 cm³/mol. The molecule has 0 aliphatic heterocycles. The lowest BCUT2D eigenvalue weighted by atomic mass is 9.99. The average Bonchev–Trinajstić information content (AvgIpc) is 2.70. The van der Waals surface area contributed by atoms with Gasteiger partial charge in [-0.2, -0.15) is 5.10 Å². The van der Waals surface area contributed by atoms with Gasteiger partial charge in [0.15, 0.2) is 0 Å². The Kier molecular flexibility index (Phi) is 4.39. The average molecular weight is 335 g/mol. The van der Waals surface area contributed by atoms with Gasteiger partial charge in [-0.05, 0) is 24.1 Å². The van der Waals surface area contributed by atoms with E-state index in [1.54, 1.807) is 13.2 Å². The van der Waals surface area contributed by atoms with Crippen molar-refractivity contribution in [1.29, 1.82) is 0 Å². The molecule has 0 unspecified atom stereocenters. The molecular formula is C17H16Cl2N2O. The van der Waals surface area contributed by atoms with E-state index in [4.69, 9.17) is 27.9 Å². The molecule has 1 aliphatic rings. The zero-order valence-corrected chi connectivity index (χ0v) is 13.9. The third-order valence-corrected chi connectivity index (χ3v) is 4.32. The lowest BCUT2D eigenvalue weighted by Gasteiger charge is -2.07. The fraction of sp³-hybridized carbons (Fsp3) is 0.235. The Hall–Kier alpha value is -1.55. The van der Waals surface area contributed by atoms with Gasteiger partial charge >= 0.3 is 0 Å². The van der Waals surface area contributed by atoms with Crippen molar-refractivity contribution in [2.24, 2.45) is 7.05 Å². The number of hydrogen-bond donors (Lipinski definition) is 0. The molecule has 3 rings (SSSR count). The molecule has 0 saturated heterocycles. The second kappa shape index (κ2) is 6.29. The van der Waals surface area contributed by atoms with E-state index in [1.807, 2.05) is 36.0 Å². The zero-order valence-electron chi connectivity index (χ0n) is 12.4. The van der Waals surface area contributed by atoms with Crippen LogP contribution in [0.1, 0.15) is 17.7 Å². The van der Waals surface area contributed by atoms with Crippen LogP contribution in [-0.2, 0) is 18.4 Å². The van der Waals surface area contributed by atoms with E-state index in [2.05, 4.69) is 11.2 Å². The summed E-state index contributed by atoms with van der Waals surface area (Å²) in [6.07, 6.45) is 6.38. The van der Waals surface area contributed by atoms with E-state index < -0.39 is 0 Å². The smallest absolute Gasteiger partial charge is 0.100 e. The van der Waals surface area contributed by atoms with E-state index >= 15 is 0 Å². The highest BCUT2D eigenvalue weighted by molar-refractivity contribution is 6.37. The number of benzene rings is 1. The first-order valence-corrected chi connectivity index (χ1v) is 7.73. The molecule has 22 heavy (non-hydrogen) atoms. The molecular weight excluding hydrogens is 319 g/mol. The van der Waals surface area contributed by atoms with Crippen molar-refractivity contribution in [3.63, 3.8) is 0 Å². The molecule has 0 spiro atoms. The van der Waals surface area contributed by atoms with Gasteiger partial charge < -0.3 is 4.74 Å². The highest BCUT2D eigenvalue weighted by Gasteiger charge is 2.16. The Morgan fingerprint density at radius 3 is 2.91 bits per heavy atom. The number of halogens is 2. The van der Waals surface area contributed by atoms with Crippen molar-refractivity contribution in [2.45, 2.75) is 13.0 Å². The normalized spacial score (nSPS) is 15.4. The number of allylic oxidation sites excluding steroid dienone is 6. The standard InChI is InChI=1S/C17H16Cl2N2O/c1-21-16(10-22-2)14-8-4-7-13(17(14)20-21)12-6-3-5-11(18)9-15(12)19/h3-5,7-9H,6,10H2,1-2H3. The van der Waals surface area contributed by atoms with Crippen molar-refractivity contribution in [2.75, 3.05) is 7.11 Å². The quantitative estimate of drug-likeness (QED) is 0.809. The van der Waals surface area contributed by atoms with Gasteiger partial charge in [-0.25, -0.2) is 0 Å². The summed E-state index contributed by atoms with van der Waals surface area (Å²) in [4.78, 5) is 0. The van der Waals surface area contributed by atoms with Crippen LogP contribution in [0, 0.1) is 0 Å². The third-order valence-electron chi connectivity index (χ3n) is 3.75. The summed E-state index contributed by atoms with van der Waals surface area (Å²) in [5.41, 5.74) is 4.05. The molecule has 114 valence electrons. The fourth-order valence-electron chi connectivity index (χ4n) is 2.70. The van der Waals surface area contributed by atoms with Crippen LogP contribution in [0.2, 0.25) is 0 Å². The lowest BCUT2D eigenvalue weighted by molar-refractivity contribution is 0.179. The summed E-state index contributed by atoms with van der Waals surface area (Å²) >= 11 is 12.5.